The SMILES string of the molecule is CCCCCCCCCCCCc1cnc(-c2ccc(OCCCCC)cc2)nc1F. The van der Waals surface area contributed by atoms with Crippen LogP contribution < -0.4 is 4.74 Å². The summed E-state index contributed by atoms with van der Waals surface area (Å²) in [4.78, 5) is 8.50. The van der Waals surface area contributed by atoms with Crippen LogP contribution in [0.1, 0.15) is 103 Å². The molecule has 1 aromatic heterocycles. The Morgan fingerprint density at radius 3 is 1.94 bits per heavy atom. The van der Waals surface area contributed by atoms with Gasteiger partial charge in [-0.1, -0.05) is 84.5 Å². The molecule has 0 unspecified atom stereocenters. The van der Waals surface area contributed by atoms with Crippen molar-refractivity contribution < 1.29 is 9.13 Å². The first kappa shape index (κ1) is 25.3. The van der Waals surface area contributed by atoms with Gasteiger partial charge in [0.15, 0.2) is 5.82 Å². The molecule has 0 saturated heterocycles. The van der Waals surface area contributed by atoms with Gasteiger partial charge >= 0.3 is 0 Å². The van der Waals surface area contributed by atoms with Crippen molar-refractivity contribution in [2.45, 2.75) is 104 Å². The number of benzene rings is 1. The lowest BCUT2D eigenvalue weighted by Gasteiger charge is -2.08. The van der Waals surface area contributed by atoms with Gasteiger partial charge in [-0.15, -0.1) is 0 Å². The summed E-state index contributed by atoms with van der Waals surface area (Å²) in [7, 11) is 0. The molecule has 2 aromatic rings. The molecule has 2 rings (SSSR count). The van der Waals surface area contributed by atoms with E-state index in [1.807, 2.05) is 24.3 Å². The van der Waals surface area contributed by atoms with E-state index >= 15 is 0 Å². The first-order valence-electron chi connectivity index (χ1n) is 12.5. The van der Waals surface area contributed by atoms with E-state index in [9.17, 15) is 4.39 Å². The van der Waals surface area contributed by atoms with Crippen molar-refractivity contribution in [2.75, 3.05) is 6.61 Å². The maximum atomic E-state index is 14.5. The summed E-state index contributed by atoms with van der Waals surface area (Å²) in [5.41, 5.74) is 1.43. The lowest BCUT2D eigenvalue weighted by atomic mass is 10.0. The number of ether oxygens (including phenoxy) is 1. The second kappa shape index (κ2) is 15.8. The molecule has 172 valence electrons. The largest absolute Gasteiger partial charge is 0.494 e. The highest BCUT2D eigenvalue weighted by Gasteiger charge is 2.09. The van der Waals surface area contributed by atoms with Crippen molar-refractivity contribution in [3.05, 3.63) is 42.0 Å². The summed E-state index contributed by atoms with van der Waals surface area (Å²) >= 11 is 0. The average Bonchev–Trinajstić information content (AvgIpc) is 2.79. The average molecular weight is 429 g/mol. The van der Waals surface area contributed by atoms with Gasteiger partial charge in [-0.3, -0.25) is 0 Å². The molecular weight excluding hydrogens is 387 g/mol. The van der Waals surface area contributed by atoms with Gasteiger partial charge in [0.25, 0.3) is 0 Å². The Hall–Kier alpha value is -1.97. The lowest BCUT2D eigenvalue weighted by Crippen LogP contribution is -2.00. The van der Waals surface area contributed by atoms with Crippen LogP contribution in [-0.4, -0.2) is 16.6 Å². The molecule has 0 bridgehead atoms. The van der Waals surface area contributed by atoms with Crippen LogP contribution in [0.3, 0.4) is 0 Å². The van der Waals surface area contributed by atoms with Gasteiger partial charge in [-0.25, -0.2) is 4.98 Å². The quantitative estimate of drug-likeness (QED) is 0.188. The van der Waals surface area contributed by atoms with Gasteiger partial charge in [-0.2, -0.15) is 9.37 Å². The maximum Gasteiger partial charge on any atom is 0.219 e. The minimum absolute atomic E-state index is 0.388. The van der Waals surface area contributed by atoms with Crippen molar-refractivity contribution in [1.29, 1.82) is 0 Å². The van der Waals surface area contributed by atoms with Crippen LogP contribution in [0.15, 0.2) is 30.5 Å². The van der Waals surface area contributed by atoms with Gasteiger partial charge in [0.05, 0.1) is 6.61 Å². The first-order chi connectivity index (χ1) is 15.2. The van der Waals surface area contributed by atoms with E-state index in [4.69, 9.17) is 4.74 Å². The number of halogens is 1. The summed E-state index contributed by atoms with van der Waals surface area (Å²) in [6, 6.07) is 7.60. The second-order valence-corrected chi connectivity index (χ2v) is 8.52. The molecule has 31 heavy (non-hydrogen) atoms. The summed E-state index contributed by atoms with van der Waals surface area (Å²) in [6.45, 7) is 5.16. The molecular formula is C27H41FN2O. The number of unbranched alkanes of at least 4 members (excludes halogenated alkanes) is 11. The third-order valence-electron chi connectivity index (χ3n) is 5.74. The van der Waals surface area contributed by atoms with Crippen molar-refractivity contribution in [3.8, 4) is 17.1 Å². The molecule has 0 aliphatic rings. The van der Waals surface area contributed by atoms with E-state index < -0.39 is 0 Å². The molecule has 0 amide bonds. The summed E-state index contributed by atoms with van der Waals surface area (Å²) in [5, 5.41) is 0. The normalized spacial score (nSPS) is 11.1. The Labute approximate surface area is 188 Å². The van der Waals surface area contributed by atoms with E-state index in [1.165, 1.54) is 64.2 Å². The standard InChI is InChI=1S/C27H41FN2O/c1-3-5-7-8-9-10-11-12-13-14-16-24-22-29-27(30-26(24)28)23-17-19-25(20-18-23)31-21-15-6-4-2/h17-20,22H,3-16,21H2,1-2H3. The monoisotopic (exact) mass is 428 g/mol. The van der Waals surface area contributed by atoms with Crippen LogP contribution in [0.2, 0.25) is 0 Å². The van der Waals surface area contributed by atoms with Gasteiger partial charge < -0.3 is 4.74 Å². The molecule has 3 nitrogen and oxygen atoms in total. The molecule has 0 fully saturated rings. The van der Waals surface area contributed by atoms with E-state index in [0.717, 1.165) is 37.2 Å². The predicted octanol–water partition coefficient (Wildman–Crippen LogP) is 8.32. The highest BCUT2D eigenvalue weighted by molar-refractivity contribution is 5.56. The van der Waals surface area contributed by atoms with E-state index in [1.54, 1.807) is 6.20 Å². The van der Waals surface area contributed by atoms with Crippen molar-refractivity contribution in [2.24, 2.45) is 0 Å². The fraction of sp³-hybridized carbons (Fsp3) is 0.630. The Kier molecular flexibility index (Phi) is 12.9. The van der Waals surface area contributed by atoms with E-state index in [-0.39, 0.29) is 5.95 Å². The molecule has 4 heteroatoms. The van der Waals surface area contributed by atoms with Crippen LogP contribution in [0.4, 0.5) is 4.39 Å². The zero-order valence-corrected chi connectivity index (χ0v) is 19.7. The van der Waals surface area contributed by atoms with Gasteiger partial charge in [-0.05, 0) is 43.5 Å². The Morgan fingerprint density at radius 2 is 1.32 bits per heavy atom. The molecule has 0 aliphatic carbocycles. The fourth-order valence-corrected chi connectivity index (χ4v) is 3.74. The molecule has 0 spiro atoms. The number of aromatic nitrogens is 2. The zero-order chi connectivity index (χ0) is 22.2. The highest BCUT2D eigenvalue weighted by atomic mass is 19.1. The van der Waals surface area contributed by atoms with Crippen molar-refractivity contribution in [3.63, 3.8) is 0 Å². The smallest absolute Gasteiger partial charge is 0.219 e. The Morgan fingerprint density at radius 1 is 0.742 bits per heavy atom. The number of aryl methyl sites for hydroxylation is 1. The minimum atomic E-state index is -0.388. The maximum absolute atomic E-state index is 14.5. The van der Waals surface area contributed by atoms with E-state index in [2.05, 4.69) is 23.8 Å². The van der Waals surface area contributed by atoms with E-state index in [0.29, 0.717) is 17.8 Å². The minimum Gasteiger partial charge on any atom is -0.494 e. The second-order valence-electron chi connectivity index (χ2n) is 8.52. The molecule has 1 heterocycles. The third-order valence-corrected chi connectivity index (χ3v) is 5.74. The van der Waals surface area contributed by atoms with Crippen LogP contribution in [0, 0.1) is 5.95 Å². The van der Waals surface area contributed by atoms with Crippen LogP contribution in [0.25, 0.3) is 11.4 Å². The van der Waals surface area contributed by atoms with Gasteiger partial charge in [0, 0.05) is 17.3 Å². The fourth-order valence-electron chi connectivity index (χ4n) is 3.74. The molecule has 1 aromatic carbocycles. The number of hydrogen-bond donors (Lipinski definition) is 0. The highest BCUT2D eigenvalue weighted by Crippen LogP contribution is 2.21. The zero-order valence-electron chi connectivity index (χ0n) is 19.7. The van der Waals surface area contributed by atoms with Crippen LogP contribution >= 0.6 is 0 Å². The van der Waals surface area contributed by atoms with Gasteiger partial charge in [0.1, 0.15) is 5.75 Å². The number of rotatable bonds is 17. The Bertz CT molecular complexity index is 718. The lowest BCUT2D eigenvalue weighted by molar-refractivity contribution is 0.306. The summed E-state index contributed by atoms with van der Waals surface area (Å²) < 4.78 is 20.2. The first-order valence-corrected chi connectivity index (χ1v) is 12.5. The van der Waals surface area contributed by atoms with Gasteiger partial charge in [0.2, 0.25) is 5.95 Å². The molecule has 0 radical (unpaired) electrons. The van der Waals surface area contributed by atoms with Crippen molar-refractivity contribution >= 4 is 0 Å². The molecule has 0 N–H and O–H groups in total. The molecule has 0 aliphatic heterocycles. The summed E-state index contributed by atoms with van der Waals surface area (Å²) in [6.07, 6.45) is 18.6. The van der Waals surface area contributed by atoms with Crippen LogP contribution in [0.5, 0.6) is 5.75 Å². The third kappa shape index (κ3) is 10.3. The molecule has 0 atom stereocenters. The van der Waals surface area contributed by atoms with Crippen molar-refractivity contribution in [1.82, 2.24) is 9.97 Å². The topological polar surface area (TPSA) is 35.0 Å². The number of hydrogen-bond acceptors (Lipinski definition) is 3. The molecule has 0 saturated carbocycles. The van der Waals surface area contributed by atoms with Crippen LogP contribution in [-0.2, 0) is 6.42 Å². The Balaban J connectivity index is 1.69. The predicted molar refractivity (Wildman–Crippen MR) is 128 cm³/mol. The number of nitrogens with zero attached hydrogens (tertiary/aromatic N) is 2. The summed E-state index contributed by atoms with van der Waals surface area (Å²) in [5.74, 6) is 0.876.